The van der Waals surface area contributed by atoms with Gasteiger partial charge in [-0.2, -0.15) is 0 Å². The molecule has 0 amide bonds. The van der Waals surface area contributed by atoms with Crippen LogP contribution >= 0.6 is 0 Å². The lowest BCUT2D eigenvalue weighted by molar-refractivity contribution is 0.0594. The Morgan fingerprint density at radius 1 is 1.07 bits per heavy atom. The van der Waals surface area contributed by atoms with Crippen molar-refractivity contribution < 1.29 is 19.0 Å². The van der Waals surface area contributed by atoms with E-state index in [9.17, 15) is 4.79 Å². The van der Waals surface area contributed by atoms with Gasteiger partial charge in [0.05, 0.1) is 13.2 Å². The highest BCUT2D eigenvalue weighted by molar-refractivity contribution is 5.92. The van der Waals surface area contributed by atoms with E-state index in [1.165, 1.54) is 7.11 Å². The SMILES string of the molecule is COC(=O)c1cc(C(CNC(C)(C)C)OC)ccc1OCc1ccccc1. The molecule has 0 saturated heterocycles. The van der Waals surface area contributed by atoms with E-state index in [0.717, 1.165) is 11.1 Å². The fourth-order valence-corrected chi connectivity index (χ4v) is 2.61. The highest BCUT2D eigenvalue weighted by Crippen LogP contribution is 2.27. The molecule has 0 radical (unpaired) electrons. The fraction of sp³-hybridized carbons (Fsp3) is 0.409. The molecule has 5 nitrogen and oxygen atoms in total. The van der Waals surface area contributed by atoms with Crippen LogP contribution < -0.4 is 10.1 Å². The van der Waals surface area contributed by atoms with Gasteiger partial charge in [0.15, 0.2) is 0 Å². The third-order valence-corrected chi connectivity index (χ3v) is 4.12. The van der Waals surface area contributed by atoms with Gasteiger partial charge in [0, 0.05) is 19.2 Å². The van der Waals surface area contributed by atoms with Gasteiger partial charge >= 0.3 is 5.97 Å². The van der Waals surface area contributed by atoms with Crippen LogP contribution in [-0.4, -0.2) is 32.3 Å². The van der Waals surface area contributed by atoms with Gasteiger partial charge in [-0.25, -0.2) is 4.79 Å². The minimum Gasteiger partial charge on any atom is -0.488 e. The van der Waals surface area contributed by atoms with Gasteiger partial charge in [-0.15, -0.1) is 0 Å². The molecule has 0 aliphatic carbocycles. The van der Waals surface area contributed by atoms with Crippen LogP contribution in [0, 0.1) is 0 Å². The number of carbonyl (C=O) groups excluding carboxylic acids is 1. The number of rotatable bonds is 8. The first-order chi connectivity index (χ1) is 12.8. The maximum Gasteiger partial charge on any atom is 0.341 e. The van der Waals surface area contributed by atoms with Crippen molar-refractivity contribution in [3.05, 3.63) is 65.2 Å². The Kier molecular flexibility index (Phi) is 7.39. The standard InChI is InChI=1S/C22H29NO4/c1-22(2,3)23-14-20(25-4)17-11-12-19(18(13-17)21(24)26-5)27-15-16-9-7-6-8-10-16/h6-13,20,23H,14-15H2,1-5H3. The zero-order valence-corrected chi connectivity index (χ0v) is 16.7. The largest absolute Gasteiger partial charge is 0.488 e. The molecule has 2 rings (SSSR count). The van der Waals surface area contributed by atoms with Crippen LogP contribution in [0.2, 0.25) is 0 Å². The van der Waals surface area contributed by atoms with E-state index < -0.39 is 5.97 Å². The Morgan fingerprint density at radius 3 is 2.37 bits per heavy atom. The van der Waals surface area contributed by atoms with Crippen molar-refractivity contribution >= 4 is 5.97 Å². The normalized spacial score (nSPS) is 12.5. The van der Waals surface area contributed by atoms with Crippen molar-refractivity contribution in [2.75, 3.05) is 20.8 Å². The molecule has 1 atom stereocenters. The van der Waals surface area contributed by atoms with Crippen molar-refractivity contribution in [3.8, 4) is 5.75 Å². The van der Waals surface area contributed by atoms with Crippen molar-refractivity contribution in [2.45, 2.75) is 39.0 Å². The zero-order valence-electron chi connectivity index (χ0n) is 16.7. The van der Waals surface area contributed by atoms with Crippen LogP contribution in [0.3, 0.4) is 0 Å². The van der Waals surface area contributed by atoms with Crippen LogP contribution in [-0.2, 0) is 16.1 Å². The predicted molar refractivity (Wildman–Crippen MR) is 106 cm³/mol. The van der Waals surface area contributed by atoms with Crippen molar-refractivity contribution in [2.24, 2.45) is 0 Å². The summed E-state index contributed by atoms with van der Waals surface area (Å²) in [6.07, 6.45) is -0.184. The summed E-state index contributed by atoms with van der Waals surface area (Å²) in [4.78, 5) is 12.3. The number of benzene rings is 2. The number of hydrogen-bond acceptors (Lipinski definition) is 5. The van der Waals surface area contributed by atoms with Crippen LogP contribution in [0.4, 0.5) is 0 Å². The topological polar surface area (TPSA) is 56.8 Å². The van der Waals surface area contributed by atoms with Crippen LogP contribution in [0.5, 0.6) is 5.75 Å². The number of hydrogen-bond donors (Lipinski definition) is 1. The van der Waals surface area contributed by atoms with E-state index in [0.29, 0.717) is 24.5 Å². The molecule has 2 aromatic carbocycles. The summed E-state index contributed by atoms with van der Waals surface area (Å²) in [5.74, 6) is 0.0617. The summed E-state index contributed by atoms with van der Waals surface area (Å²) < 4.78 is 16.4. The van der Waals surface area contributed by atoms with Crippen LogP contribution in [0.1, 0.15) is 48.4 Å². The molecule has 0 heterocycles. The van der Waals surface area contributed by atoms with Gasteiger partial charge in [-0.1, -0.05) is 36.4 Å². The van der Waals surface area contributed by atoms with Crippen LogP contribution in [0.25, 0.3) is 0 Å². The number of nitrogens with one attached hydrogen (secondary N) is 1. The molecule has 1 unspecified atom stereocenters. The van der Waals surface area contributed by atoms with Gasteiger partial charge < -0.3 is 19.5 Å². The second-order valence-electron chi connectivity index (χ2n) is 7.38. The Bertz CT molecular complexity index is 738. The Labute approximate surface area is 161 Å². The van der Waals surface area contributed by atoms with Gasteiger partial charge in [0.25, 0.3) is 0 Å². The minimum atomic E-state index is -0.432. The first-order valence-corrected chi connectivity index (χ1v) is 9.01. The molecular weight excluding hydrogens is 342 g/mol. The van der Waals surface area contributed by atoms with Gasteiger partial charge in [0.2, 0.25) is 0 Å². The van der Waals surface area contributed by atoms with E-state index in [4.69, 9.17) is 14.2 Å². The molecule has 146 valence electrons. The molecule has 27 heavy (non-hydrogen) atoms. The summed E-state index contributed by atoms with van der Waals surface area (Å²) in [6.45, 7) is 7.30. The average molecular weight is 371 g/mol. The van der Waals surface area contributed by atoms with E-state index in [1.54, 1.807) is 19.2 Å². The summed E-state index contributed by atoms with van der Waals surface area (Å²) in [5, 5.41) is 3.42. The van der Waals surface area contributed by atoms with Crippen molar-refractivity contribution in [1.82, 2.24) is 5.32 Å². The molecule has 5 heteroatoms. The molecule has 0 aromatic heterocycles. The lowest BCUT2D eigenvalue weighted by Gasteiger charge is -2.25. The summed E-state index contributed by atoms with van der Waals surface area (Å²) in [5.41, 5.74) is 2.28. The van der Waals surface area contributed by atoms with Crippen molar-refractivity contribution in [1.29, 1.82) is 0 Å². The second kappa shape index (κ2) is 9.53. The first-order valence-electron chi connectivity index (χ1n) is 9.01. The average Bonchev–Trinajstić information content (AvgIpc) is 2.66. The summed E-state index contributed by atoms with van der Waals surface area (Å²) >= 11 is 0. The predicted octanol–water partition coefficient (Wildman–Crippen LogP) is 4.13. The number of methoxy groups -OCH3 is 2. The number of esters is 1. The summed E-state index contributed by atoms with van der Waals surface area (Å²) in [7, 11) is 3.03. The molecular formula is C22H29NO4. The summed E-state index contributed by atoms with van der Waals surface area (Å²) in [6, 6.07) is 15.3. The van der Waals surface area contributed by atoms with E-state index in [1.807, 2.05) is 36.4 Å². The van der Waals surface area contributed by atoms with Gasteiger partial charge in [0.1, 0.15) is 17.9 Å². The highest BCUT2D eigenvalue weighted by atomic mass is 16.5. The highest BCUT2D eigenvalue weighted by Gasteiger charge is 2.20. The van der Waals surface area contributed by atoms with E-state index >= 15 is 0 Å². The first kappa shape index (κ1) is 20.9. The van der Waals surface area contributed by atoms with Gasteiger partial charge in [-0.3, -0.25) is 0 Å². The van der Waals surface area contributed by atoms with Crippen LogP contribution in [0.15, 0.2) is 48.5 Å². The molecule has 0 bridgehead atoms. The smallest absolute Gasteiger partial charge is 0.341 e. The molecule has 2 aromatic rings. The monoisotopic (exact) mass is 371 g/mol. The Morgan fingerprint density at radius 2 is 1.78 bits per heavy atom. The van der Waals surface area contributed by atoms with Crippen molar-refractivity contribution in [3.63, 3.8) is 0 Å². The molecule has 0 saturated carbocycles. The molecule has 0 aliphatic heterocycles. The zero-order chi connectivity index (χ0) is 19.9. The lowest BCUT2D eigenvalue weighted by Crippen LogP contribution is -2.39. The third kappa shape index (κ3) is 6.38. The minimum absolute atomic E-state index is 0.0271. The quantitative estimate of drug-likeness (QED) is 0.707. The lowest BCUT2D eigenvalue weighted by atomic mass is 10.0. The van der Waals surface area contributed by atoms with E-state index in [-0.39, 0.29) is 11.6 Å². The molecule has 0 spiro atoms. The Hall–Kier alpha value is -2.37. The maximum absolute atomic E-state index is 12.3. The molecule has 0 aliphatic rings. The van der Waals surface area contributed by atoms with E-state index in [2.05, 4.69) is 26.1 Å². The number of ether oxygens (including phenoxy) is 3. The Balaban J connectivity index is 2.22. The second-order valence-corrected chi connectivity index (χ2v) is 7.38. The fourth-order valence-electron chi connectivity index (χ4n) is 2.61. The molecule has 0 fully saturated rings. The molecule has 1 N–H and O–H groups in total. The third-order valence-electron chi connectivity index (χ3n) is 4.12. The van der Waals surface area contributed by atoms with Gasteiger partial charge in [-0.05, 0) is 44.0 Å². The maximum atomic E-state index is 12.3. The number of carbonyl (C=O) groups is 1.